The molecule has 0 aliphatic heterocycles. The summed E-state index contributed by atoms with van der Waals surface area (Å²) in [6.45, 7) is 0. The van der Waals surface area contributed by atoms with E-state index in [-0.39, 0.29) is 0 Å². The number of benzene rings is 1. The van der Waals surface area contributed by atoms with E-state index in [9.17, 15) is 0 Å². The zero-order valence-electron chi connectivity index (χ0n) is 5.46. The Morgan fingerprint density at radius 1 is 1.36 bits per heavy atom. The molecule has 0 aliphatic rings. The van der Waals surface area contributed by atoms with Crippen molar-refractivity contribution in [2.75, 3.05) is 0 Å². The first-order chi connectivity index (χ1) is 5.11. The second-order valence-corrected chi connectivity index (χ2v) is 3.62. The van der Waals surface area contributed by atoms with Crippen molar-refractivity contribution in [3.63, 3.8) is 0 Å². The summed E-state index contributed by atoms with van der Waals surface area (Å²) in [5.41, 5.74) is 0.457. The van der Waals surface area contributed by atoms with E-state index < -0.39 is 7.12 Å². The first-order valence-electron chi connectivity index (χ1n) is 2.92. The molecule has 0 radical (unpaired) electrons. The second-order valence-electron chi connectivity index (χ2n) is 2.05. The van der Waals surface area contributed by atoms with Crippen LogP contribution in [0.5, 0.6) is 0 Å². The van der Waals surface area contributed by atoms with Gasteiger partial charge in [-0.2, -0.15) is 0 Å². The van der Waals surface area contributed by atoms with E-state index in [4.69, 9.17) is 21.6 Å². The van der Waals surface area contributed by atoms with Gasteiger partial charge in [0.25, 0.3) is 0 Å². The third-order valence-electron chi connectivity index (χ3n) is 1.24. The molecule has 0 amide bonds. The molecule has 0 atom stereocenters. The fourth-order valence-electron chi connectivity index (χ4n) is 0.673. The molecule has 2 nitrogen and oxygen atoms in total. The van der Waals surface area contributed by atoms with Gasteiger partial charge in [-0.3, -0.25) is 0 Å². The third kappa shape index (κ3) is 2.33. The van der Waals surface area contributed by atoms with Crippen LogP contribution < -0.4 is 5.46 Å². The average molecular weight is 282 g/mol. The Morgan fingerprint density at radius 2 is 2.00 bits per heavy atom. The molecule has 0 aliphatic carbocycles. The Morgan fingerprint density at radius 3 is 2.45 bits per heavy atom. The van der Waals surface area contributed by atoms with Crippen LogP contribution in [0.4, 0.5) is 0 Å². The molecule has 0 bridgehead atoms. The lowest BCUT2D eigenvalue weighted by molar-refractivity contribution is 0.426. The van der Waals surface area contributed by atoms with Crippen LogP contribution in [0.15, 0.2) is 18.2 Å². The highest BCUT2D eigenvalue weighted by molar-refractivity contribution is 14.1. The number of halogens is 2. The van der Waals surface area contributed by atoms with E-state index in [1.165, 1.54) is 0 Å². The van der Waals surface area contributed by atoms with Crippen molar-refractivity contribution >= 4 is 46.8 Å². The maximum Gasteiger partial charge on any atom is 0.488 e. The minimum atomic E-state index is -1.42. The first-order valence-corrected chi connectivity index (χ1v) is 4.38. The van der Waals surface area contributed by atoms with Crippen molar-refractivity contribution in [1.82, 2.24) is 0 Å². The smallest absolute Gasteiger partial charge is 0.423 e. The lowest BCUT2D eigenvalue weighted by Crippen LogP contribution is -2.29. The molecule has 1 rings (SSSR count). The molecular weight excluding hydrogens is 277 g/mol. The average Bonchev–Trinajstić information content (AvgIpc) is 1.94. The summed E-state index contributed by atoms with van der Waals surface area (Å²) in [6.07, 6.45) is 0. The normalized spacial score (nSPS) is 9.82. The van der Waals surface area contributed by atoms with Crippen LogP contribution in [0.1, 0.15) is 0 Å². The van der Waals surface area contributed by atoms with E-state index in [1.54, 1.807) is 18.2 Å². The summed E-state index contributed by atoms with van der Waals surface area (Å²) in [7, 11) is -1.42. The predicted octanol–water partition coefficient (Wildman–Crippen LogP) is 0.624. The molecule has 2 N–H and O–H groups in total. The molecule has 11 heavy (non-hydrogen) atoms. The van der Waals surface area contributed by atoms with E-state index in [0.717, 1.165) is 3.57 Å². The van der Waals surface area contributed by atoms with Gasteiger partial charge in [0.05, 0.1) is 5.02 Å². The van der Waals surface area contributed by atoms with Crippen LogP contribution >= 0.6 is 34.2 Å². The summed E-state index contributed by atoms with van der Waals surface area (Å²) in [5, 5.41) is 18.1. The molecule has 58 valence electrons. The highest BCUT2D eigenvalue weighted by atomic mass is 127. The molecule has 0 spiro atoms. The van der Waals surface area contributed by atoms with Crippen LogP contribution in [-0.2, 0) is 0 Å². The minimum Gasteiger partial charge on any atom is -0.423 e. The van der Waals surface area contributed by atoms with Gasteiger partial charge >= 0.3 is 7.12 Å². The van der Waals surface area contributed by atoms with Crippen LogP contribution in [0.25, 0.3) is 0 Å². The zero-order valence-corrected chi connectivity index (χ0v) is 8.37. The lowest BCUT2D eigenvalue weighted by atomic mass is 9.81. The van der Waals surface area contributed by atoms with Crippen molar-refractivity contribution in [3.05, 3.63) is 26.8 Å². The summed E-state index contributed by atoms with van der Waals surface area (Å²) < 4.78 is 0.815. The fourth-order valence-corrected chi connectivity index (χ4v) is 1.33. The van der Waals surface area contributed by atoms with E-state index >= 15 is 0 Å². The Bertz CT molecular complexity index is 267. The molecule has 0 heterocycles. The summed E-state index contributed by atoms with van der Waals surface area (Å²) in [5.74, 6) is 0. The van der Waals surface area contributed by atoms with Gasteiger partial charge in [0.2, 0.25) is 0 Å². The highest BCUT2D eigenvalue weighted by Crippen LogP contribution is 2.15. The lowest BCUT2D eigenvalue weighted by Gasteiger charge is -2.00. The van der Waals surface area contributed by atoms with Crippen molar-refractivity contribution in [2.45, 2.75) is 0 Å². The molecule has 0 unspecified atom stereocenters. The maximum absolute atomic E-state index is 8.75. The number of rotatable bonds is 1. The Kier molecular flexibility index (Phi) is 3.18. The van der Waals surface area contributed by atoms with Crippen molar-refractivity contribution in [3.8, 4) is 0 Å². The topological polar surface area (TPSA) is 40.5 Å². The second kappa shape index (κ2) is 3.75. The quantitative estimate of drug-likeness (QED) is 0.586. The van der Waals surface area contributed by atoms with E-state index in [1.807, 2.05) is 22.6 Å². The van der Waals surface area contributed by atoms with E-state index in [0.29, 0.717) is 10.5 Å². The summed E-state index contributed by atoms with van der Waals surface area (Å²) in [4.78, 5) is 0. The van der Waals surface area contributed by atoms with Gasteiger partial charge in [0, 0.05) is 3.57 Å². The fraction of sp³-hybridized carbons (Fsp3) is 0. The van der Waals surface area contributed by atoms with Gasteiger partial charge in [-0.25, -0.2) is 0 Å². The first kappa shape index (κ1) is 9.31. The molecule has 1 aromatic rings. The number of hydrogen-bond acceptors (Lipinski definition) is 2. The standard InChI is InChI=1S/C6H5BClIO2/c8-5-2-1-4(7(10)11)3-6(5)9/h1-3,10-11H. The van der Waals surface area contributed by atoms with Crippen molar-refractivity contribution in [2.24, 2.45) is 0 Å². The number of hydrogen-bond donors (Lipinski definition) is 2. The van der Waals surface area contributed by atoms with Crippen LogP contribution in [0.2, 0.25) is 5.02 Å². The van der Waals surface area contributed by atoms with Gasteiger partial charge in [0.1, 0.15) is 0 Å². The van der Waals surface area contributed by atoms with E-state index in [2.05, 4.69) is 0 Å². The summed E-state index contributed by atoms with van der Waals surface area (Å²) >= 11 is 7.74. The molecule has 0 aromatic heterocycles. The van der Waals surface area contributed by atoms with Gasteiger partial charge in [0.15, 0.2) is 0 Å². The SMILES string of the molecule is OB(O)c1ccc(Cl)c(I)c1. The molecule has 1 aromatic carbocycles. The third-order valence-corrected chi connectivity index (χ3v) is 2.78. The predicted molar refractivity (Wildman–Crippen MR) is 54.0 cm³/mol. The largest absolute Gasteiger partial charge is 0.488 e. The Hall–Kier alpha value is 0.225. The van der Waals surface area contributed by atoms with Crippen LogP contribution in [-0.4, -0.2) is 17.2 Å². The van der Waals surface area contributed by atoms with Gasteiger partial charge < -0.3 is 10.0 Å². The minimum absolute atomic E-state index is 0.457. The zero-order chi connectivity index (χ0) is 8.43. The van der Waals surface area contributed by atoms with Crippen molar-refractivity contribution in [1.29, 1.82) is 0 Å². The van der Waals surface area contributed by atoms with Gasteiger partial charge in [-0.1, -0.05) is 17.7 Å². The molecule has 0 fully saturated rings. The van der Waals surface area contributed by atoms with Crippen molar-refractivity contribution < 1.29 is 10.0 Å². The van der Waals surface area contributed by atoms with Gasteiger partial charge in [-0.15, -0.1) is 0 Å². The van der Waals surface area contributed by atoms with Crippen LogP contribution in [0.3, 0.4) is 0 Å². The summed E-state index contributed by atoms with van der Waals surface area (Å²) in [6, 6.07) is 4.85. The monoisotopic (exact) mass is 282 g/mol. The van der Waals surface area contributed by atoms with Crippen LogP contribution in [0, 0.1) is 3.57 Å². The highest BCUT2D eigenvalue weighted by Gasteiger charge is 2.11. The Labute approximate surface area is 83.5 Å². The maximum atomic E-state index is 8.75. The molecule has 0 saturated carbocycles. The molecule has 5 heteroatoms. The molecular formula is C6H5BClIO2. The Balaban J connectivity index is 3.05. The van der Waals surface area contributed by atoms with Gasteiger partial charge in [-0.05, 0) is 40.2 Å². The molecule has 0 saturated heterocycles.